The second kappa shape index (κ2) is 4.04. The summed E-state index contributed by atoms with van der Waals surface area (Å²) in [5.74, 6) is -6.48. The van der Waals surface area contributed by atoms with E-state index in [9.17, 15) is 18.4 Å². The summed E-state index contributed by atoms with van der Waals surface area (Å²) in [7, 11) is 0. The third-order valence-electron chi connectivity index (χ3n) is 1.68. The highest BCUT2D eigenvalue weighted by atomic mass is 19.1. The Labute approximate surface area is 82.8 Å². The minimum atomic E-state index is -1.68. The molecule has 0 fully saturated rings. The van der Waals surface area contributed by atoms with E-state index in [1.165, 1.54) is 0 Å². The van der Waals surface area contributed by atoms with Gasteiger partial charge in [0, 0.05) is 6.42 Å². The van der Waals surface area contributed by atoms with Gasteiger partial charge in [-0.2, -0.15) is 0 Å². The van der Waals surface area contributed by atoms with Gasteiger partial charge < -0.3 is 10.2 Å². The van der Waals surface area contributed by atoms with Crippen molar-refractivity contribution >= 4 is 11.8 Å². The van der Waals surface area contributed by atoms with Crippen molar-refractivity contribution in [3.63, 3.8) is 0 Å². The van der Waals surface area contributed by atoms with Crippen LogP contribution in [0, 0.1) is 11.6 Å². The molecule has 1 rings (SSSR count). The topological polar surface area (TPSA) is 74.6 Å². The number of aromatic hydroxyl groups is 1. The average Bonchev–Trinajstić information content (AvgIpc) is 2.13. The molecule has 6 heteroatoms. The minimum Gasteiger partial charge on any atom is -0.503 e. The van der Waals surface area contributed by atoms with E-state index in [2.05, 4.69) is 0 Å². The van der Waals surface area contributed by atoms with Crippen LogP contribution in [0.5, 0.6) is 5.75 Å². The first kappa shape index (κ1) is 11.1. The summed E-state index contributed by atoms with van der Waals surface area (Å²) < 4.78 is 25.5. The molecule has 1 aromatic rings. The summed E-state index contributed by atoms with van der Waals surface area (Å²) in [5.41, 5.74) is -0.143. The number of Topliss-reactive ketones (excluding diaryl/α,β-unsaturated/α-hetero) is 1. The summed E-state index contributed by atoms with van der Waals surface area (Å²) >= 11 is 0. The lowest BCUT2D eigenvalue weighted by Crippen LogP contribution is -2.15. The fourth-order valence-electron chi connectivity index (χ4n) is 0.981. The van der Waals surface area contributed by atoms with Gasteiger partial charge in [0.25, 0.3) is 0 Å². The van der Waals surface area contributed by atoms with Crippen LogP contribution in [0.2, 0.25) is 0 Å². The maximum absolute atomic E-state index is 12.7. The Morgan fingerprint density at radius 1 is 1.20 bits per heavy atom. The molecule has 0 unspecified atom stereocenters. The number of carboxylic acid groups (broad SMARTS) is 1. The van der Waals surface area contributed by atoms with E-state index >= 15 is 0 Å². The van der Waals surface area contributed by atoms with Crippen LogP contribution in [0.1, 0.15) is 5.56 Å². The van der Waals surface area contributed by atoms with Crippen molar-refractivity contribution in [2.45, 2.75) is 6.42 Å². The van der Waals surface area contributed by atoms with Crippen molar-refractivity contribution in [1.29, 1.82) is 0 Å². The monoisotopic (exact) mass is 216 g/mol. The molecule has 1 aromatic carbocycles. The Balaban J connectivity index is 2.98. The summed E-state index contributed by atoms with van der Waals surface area (Å²) in [6.07, 6.45) is -0.622. The molecule has 0 bridgehead atoms. The molecule has 0 radical (unpaired) electrons. The number of phenols is 1. The number of rotatable bonds is 3. The average molecular weight is 216 g/mol. The summed E-state index contributed by atoms with van der Waals surface area (Å²) in [6, 6.07) is 1.42. The number of carbonyl (C=O) groups is 2. The van der Waals surface area contributed by atoms with Gasteiger partial charge in [-0.1, -0.05) is 0 Å². The number of hydrogen-bond donors (Lipinski definition) is 2. The molecule has 0 saturated carbocycles. The first-order valence-corrected chi connectivity index (χ1v) is 3.85. The Morgan fingerprint density at radius 2 is 1.67 bits per heavy atom. The van der Waals surface area contributed by atoms with Gasteiger partial charge in [-0.25, -0.2) is 13.6 Å². The van der Waals surface area contributed by atoms with Crippen LogP contribution in [-0.2, 0) is 16.0 Å². The molecule has 0 saturated heterocycles. The number of halogens is 2. The fourth-order valence-corrected chi connectivity index (χ4v) is 0.981. The molecule has 15 heavy (non-hydrogen) atoms. The zero-order chi connectivity index (χ0) is 11.6. The Morgan fingerprint density at radius 3 is 2.07 bits per heavy atom. The van der Waals surface area contributed by atoms with Gasteiger partial charge in [0.15, 0.2) is 17.4 Å². The van der Waals surface area contributed by atoms with Crippen molar-refractivity contribution in [2.75, 3.05) is 0 Å². The van der Waals surface area contributed by atoms with E-state index in [0.717, 1.165) is 0 Å². The number of aliphatic carboxylic acids is 1. The summed E-state index contributed by atoms with van der Waals surface area (Å²) in [6.45, 7) is 0. The number of carbonyl (C=O) groups excluding carboxylic acids is 1. The quantitative estimate of drug-likeness (QED) is 0.735. The smallest absolute Gasteiger partial charge is 0.372 e. The molecule has 4 nitrogen and oxygen atoms in total. The zero-order valence-electron chi connectivity index (χ0n) is 7.33. The second-order valence-electron chi connectivity index (χ2n) is 2.81. The largest absolute Gasteiger partial charge is 0.503 e. The third kappa shape index (κ3) is 2.49. The summed E-state index contributed by atoms with van der Waals surface area (Å²) in [5, 5.41) is 17.0. The van der Waals surface area contributed by atoms with E-state index < -0.39 is 35.6 Å². The predicted octanol–water partition coefficient (Wildman–Crippen LogP) is 0.867. The van der Waals surface area contributed by atoms with Gasteiger partial charge in [-0.05, 0) is 17.7 Å². The van der Waals surface area contributed by atoms with Gasteiger partial charge in [-0.3, -0.25) is 4.79 Å². The maximum atomic E-state index is 12.7. The molecule has 0 atom stereocenters. The van der Waals surface area contributed by atoms with Gasteiger partial charge in [0.2, 0.25) is 5.78 Å². The maximum Gasteiger partial charge on any atom is 0.372 e. The van der Waals surface area contributed by atoms with Crippen molar-refractivity contribution in [2.24, 2.45) is 0 Å². The van der Waals surface area contributed by atoms with Crippen LogP contribution in [0.25, 0.3) is 0 Å². The third-order valence-corrected chi connectivity index (χ3v) is 1.68. The van der Waals surface area contributed by atoms with Crippen molar-refractivity contribution in [3.8, 4) is 5.75 Å². The number of benzene rings is 1. The minimum absolute atomic E-state index is 0.143. The van der Waals surface area contributed by atoms with Crippen LogP contribution < -0.4 is 0 Å². The Kier molecular flexibility index (Phi) is 2.99. The van der Waals surface area contributed by atoms with E-state index in [1.54, 1.807) is 0 Å². The first-order chi connectivity index (χ1) is 6.91. The molecule has 2 N–H and O–H groups in total. The predicted molar refractivity (Wildman–Crippen MR) is 44.4 cm³/mol. The van der Waals surface area contributed by atoms with E-state index in [-0.39, 0.29) is 5.56 Å². The van der Waals surface area contributed by atoms with E-state index in [4.69, 9.17) is 10.2 Å². The lowest BCUT2D eigenvalue weighted by atomic mass is 10.1. The van der Waals surface area contributed by atoms with Crippen LogP contribution >= 0.6 is 0 Å². The number of hydrogen-bond acceptors (Lipinski definition) is 3. The zero-order valence-corrected chi connectivity index (χ0v) is 7.33. The van der Waals surface area contributed by atoms with E-state index in [0.29, 0.717) is 12.1 Å². The van der Waals surface area contributed by atoms with Crippen LogP contribution in [0.3, 0.4) is 0 Å². The molecule has 0 heterocycles. The molecular weight excluding hydrogens is 210 g/mol. The SMILES string of the molecule is O=C(O)C(=O)Cc1cc(F)c(O)c(F)c1. The van der Waals surface area contributed by atoms with Crippen molar-refractivity contribution in [1.82, 2.24) is 0 Å². The lowest BCUT2D eigenvalue weighted by Gasteiger charge is -2.01. The van der Waals surface area contributed by atoms with Crippen molar-refractivity contribution in [3.05, 3.63) is 29.3 Å². The molecule has 0 aliphatic heterocycles. The van der Waals surface area contributed by atoms with Gasteiger partial charge in [-0.15, -0.1) is 0 Å². The normalized spacial score (nSPS) is 10.0. The molecule has 80 valence electrons. The van der Waals surface area contributed by atoms with Gasteiger partial charge in [0.1, 0.15) is 0 Å². The number of carboxylic acids is 1. The summed E-state index contributed by atoms with van der Waals surface area (Å²) in [4.78, 5) is 20.9. The highest BCUT2D eigenvalue weighted by Gasteiger charge is 2.15. The standard InChI is InChI=1S/C9H6F2O4/c10-5-1-4(2-6(11)8(5)13)3-7(12)9(14)15/h1-2,13H,3H2,(H,14,15). The molecule has 0 amide bonds. The highest BCUT2D eigenvalue weighted by Crippen LogP contribution is 2.21. The lowest BCUT2D eigenvalue weighted by molar-refractivity contribution is -0.148. The van der Waals surface area contributed by atoms with Crippen LogP contribution in [0.4, 0.5) is 8.78 Å². The van der Waals surface area contributed by atoms with Gasteiger partial charge in [0.05, 0.1) is 0 Å². The first-order valence-electron chi connectivity index (χ1n) is 3.85. The number of ketones is 1. The molecular formula is C9H6F2O4. The number of phenolic OH excluding ortho intramolecular Hbond substituents is 1. The van der Waals surface area contributed by atoms with Crippen LogP contribution in [-0.4, -0.2) is 22.0 Å². The van der Waals surface area contributed by atoms with Crippen molar-refractivity contribution < 1.29 is 28.6 Å². The second-order valence-corrected chi connectivity index (χ2v) is 2.81. The Bertz CT molecular complexity index is 405. The van der Waals surface area contributed by atoms with Crippen LogP contribution in [0.15, 0.2) is 12.1 Å². The van der Waals surface area contributed by atoms with E-state index in [1.807, 2.05) is 0 Å². The highest BCUT2D eigenvalue weighted by molar-refractivity contribution is 6.33. The molecule has 0 spiro atoms. The molecule has 0 aliphatic carbocycles. The fraction of sp³-hybridized carbons (Fsp3) is 0.111. The molecule has 0 aliphatic rings. The van der Waals surface area contributed by atoms with Gasteiger partial charge >= 0.3 is 5.97 Å². The Hall–Kier alpha value is -1.98. The molecule has 0 aromatic heterocycles.